The van der Waals surface area contributed by atoms with Gasteiger partial charge in [-0.3, -0.25) is 4.79 Å². The van der Waals surface area contributed by atoms with Gasteiger partial charge in [-0.2, -0.15) is 0 Å². The summed E-state index contributed by atoms with van der Waals surface area (Å²) in [7, 11) is 0. The second-order valence-electron chi connectivity index (χ2n) is 5.53. The Morgan fingerprint density at radius 3 is 2.59 bits per heavy atom. The molecule has 0 amide bonds. The molecule has 0 aromatic heterocycles. The van der Waals surface area contributed by atoms with E-state index in [0.29, 0.717) is 25.2 Å². The van der Waals surface area contributed by atoms with Crippen LogP contribution in [0.15, 0.2) is 12.7 Å². The molecule has 0 bridgehead atoms. The number of carbonyl (C=O) groups is 1. The minimum Gasteiger partial charge on any atom is -0.382 e. The average Bonchev–Trinajstić information content (AvgIpc) is 2.32. The largest absolute Gasteiger partial charge is 0.382 e. The summed E-state index contributed by atoms with van der Waals surface area (Å²) in [6, 6.07) is 0. The molecule has 0 aromatic rings. The van der Waals surface area contributed by atoms with E-state index in [0.717, 1.165) is 38.5 Å². The zero-order valence-electron chi connectivity index (χ0n) is 11.1. The summed E-state index contributed by atoms with van der Waals surface area (Å²) in [5.41, 5.74) is -0.995. The lowest BCUT2D eigenvalue weighted by atomic mass is 9.76. The van der Waals surface area contributed by atoms with Gasteiger partial charge in [0.2, 0.25) is 0 Å². The molecule has 0 heterocycles. The Bertz CT molecular complexity index is 250. The third kappa shape index (κ3) is 4.63. The summed E-state index contributed by atoms with van der Waals surface area (Å²) < 4.78 is 0. The standard InChI is InChI=1S/C15H26O2/c1-3-4-5-6-7-8-14(16)15(17)11-9-13(2)10-12-15/h3,13,17H,1,4-12H2,2H3. The second kappa shape index (κ2) is 6.95. The maximum atomic E-state index is 12.0. The quantitative estimate of drug-likeness (QED) is 0.543. The summed E-state index contributed by atoms with van der Waals surface area (Å²) in [4.78, 5) is 12.0. The number of Topliss-reactive ketones (excluding diaryl/α,β-unsaturated/α-hetero) is 1. The summed E-state index contributed by atoms with van der Waals surface area (Å²) in [5, 5.41) is 10.3. The Morgan fingerprint density at radius 1 is 1.35 bits per heavy atom. The van der Waals surface area contributed by atoms with Crippen molar-refractivity contribution in [1.82, 2.24) is 0 Å². The van der Waals surface area contributed by atoms with Crippen LogP contribution in [0, 0.1) is 5.92 Å². The summed E-state index contributed by atoms with van der Waals surface area (Å²) in [6.07, 6.45) is 9.85. The topological polar surface area (TPSA) is 37.3 Å². The number of allylic oxidation sites excluding steroid dienone is 1. The molecular formula is C15H26O2. The Labute approximate surface area is 105 Å². The van der Waals surface area contributed by atoms with Crippen molar-refractivity contribution in [3.63, 3.8) is 0 Å². The lowest BCUT2D eigenvalue weighted by Crippen LogP contribution is -2.41. The maximum absolute atomic E-state index is 12.0. The van der Waals surface area contributed by atoms with Crippen molar-refractivity contribution in [2.24, 2.45) is 5.92 Å². The van der Waals surface area contributed by atoms with Crippen molar-refractivity contribution in [2.75, 3.05) is 0 Å². The lowest BCUT2D eigenvalue weighted by molar-refractivity contribution is -0.141. The first-order chi connectivity index (χ1) is 8.08. The number of ketones is 1. The smallest absolute Gasteiger partial charge is 0.164 e. The zero-order valence-corrected chi connectivity index (χ0v) is 11.1. The van der Waals surface area contributed by atoms with Crippen LogP contribution < -0.4 is 0 Å². The van der Waals surface area contributed by atoms with E-state index in [1.54, 1.807) is 0 Å². The molecule has 1 rings (SSSR count). The highest BCUT2D eigenvalue weighted by Gasteiger charge is 2.37. The zero-order chi connectivity index (χ0) is 12.7. The van der Waals surface area contributed by atoms with Crippen LogP contribution in [0.5, 0.6) is 0 Å². The van der Waals surface area contributed by atoms with Crippen molar-refractivity contribution in [1.29, 1.82) is 0 Å². The van der Waals surface area contributed by atoms with E-state index in [1.165, 1.54) is 0 Å². The van der Waals surface area contributed by atoms with Crippen LogP contribution in [-0.2, 0) is 4.79 Å². The van der Waals surface area contributed by atoms with Gasteiger partial charge < -0.3 is 5.11 Å². The van der Waals surface area contributed by atoms with Gasteiger partial charge in [0.05, 0.1) is 0 Å². The average molecular weight is 238 g/mol. The van der Waals surface area contributed by atoms with Gasteiger partial charge in [0, 0.05) is 6.42 Å². The second-order valence-corrected chi connectivity index (χ2v) is 5.53. The third-order valence-electron chi connectivity index (χ3n) is 3.93. The minimum atomic E-state index is -0.995. The number of hydrogen-bond donors (Lipinski definition) is 1. The van der Waals surface area contributed by atoms with Crippen LogP contribution in [0.4, 0.5) is 0 Å². The fourth-order valence-electron chi connectivity index (χ4n) is 2.50. The number of rotatable bonds is 7. The fraction of sp³-hybridized carbons (Fsp3) is 0.800. The Morgan fingerprint density at radius 2 is 2.00 bits per heavy atom. The number of unbranched alkanes of at least 4 members (excludes halogenated alkanes) is 3. The molecule has 1 fully saturated rings. The highest BCUT2D eigenvalue weighted by Crippen LogP contribution is 2.33. The molecule has 0 radical (unpaired) electrons. The van der Waals surface area contributed by atoms with Gasteiger partial charge in [-0.05, 0) is 50.9 Å². The molecular weight excluding hydrogens is 212 g/mol. The first-order valence-corrected chi connectivity index (χ1v) is 6.95. The third-order valence-corrected chi connectivity index (χ3v) is 3.93. The van der Waals surface area contributed by atoms with E-state index in [4.69, 9.17) is 0 Å². The summed E-state index contributed by atoms with van der Waals surface area (Å²) in [6.45, 7) is 5.87. The van der Waals surface area contributed by atoms with Crippen LogP contribution in [0.25, 0.3) is 0 Å². The molecule has 0 aliphatic heterocycles. The molecule has 1 N–H and O–H groups in total. The Balaban J connectivity index is 2.24. The highest BCUT2D eigenvalue weighted by atomic mass is 16.3. The van der Waals surface area contributed by atoms with Gasteiger partial charge in [-0.15, -0.1) is 6.58 Å². The number of aliphatic hydroxyl groups is 1. The number of hydrogen-bond acceptors (Lipinski definition) is 2. The van der Waals surface area contributed by atoms with Gasteiger partial charge in [-0.25, -0.2) is 0 Å². The van der Waals surface area contributed by atoms with Gasteiger partial charge in [0.1, 0.15) is 5.60 Å². The predicted octanol–water partition coefficient (Wildman–Crippen LogP) is 3.63. The predicted molar refractivity (Wildman–Crippen MR) is 70.9 cm³/mol. The van der Waals surface area contributed by atoms with E-state index in [2.05, 4.69) is 13.5 Å². The van der Waals surface area contributed by atoms with E-state index in [1.807, 2.05) is 6.08 Å². The van der Waals surface area contributed by atoms with Crippen molar-refractivity contribution >= 4 is 5.78 Å². The molecule has 0 saturated heterocycles. The molecule has 0 spiro atoms. The molecule has 0 atom stereocenters. The van der Waals surface area contributed by atoms with Crippen LogP contribution in [0.2, 0.25) is 0 Å². The molecule has 1 aliphatic rings. The highest BCUT2D eigenvalue weighted by molar-refractivity contribution is 5.87. The first-order valence-electron chi connectivity index (χ1n) is 6.95. The van der Waals surface area contributed by atoms with Gasteiger partial charge in [0.15, 0.2) is 5.78 Å². The van der Waals surface area contributed by atoms with Crippen molar-refractivity contribution < 1.29 is 9.90 Å². The van der Waals surface area contributed by atoms with Crippen molar-refractivity contribution in [3.8, 4) is 0 Å². The lowest BCUT2D eigenvalue weighted by Gasteiger charge is -2.33. The first kappa shape index (κ1) is 14.4. The van der Waals surface area contributed by atoms with Crippen molar-refractivity contribution in [2.45, 2.75) is 70.3 Å². The minimum absolute atomic E-state index is 0.0722. The van der Waals surface area contributed by atoms with Crippen LogP contribution in [0.1, 0.15) is 64.7 Å². The molecule has 0 unspecified atom stereocenters. The van der Waals surface area contributed by atoms with E-state index >= 15 is 0 Å². The molecule has 17 heavy (non-hydrogen) atoms. The fourth-order valence-corrected chi connectivity index (χ4v) is 2.50. The van der Waals surface area contributed by atoms with Gasteiger partial charge in [-0.1, -0.05) is 19.4 Å². The Hall–Kier alpha value is -0.630. The summed E-state index contributed by atoms with van der Waals surface area (Å²) in [5.74, 6) is 0.735. The monoisotopic (exact) mass is 238 g/mol. The van der Waals surface area contributed by atoms with Gasteiger partial charge in [0.25, 0.3) is 0 Å². The molecule has 1 aliphatic carbocycles. The Kier molecular flexibility index (Phi) is 5.90. The maximum Gasteiger partial charge on any atom is 0.164 e. The molecule has 98 valence electrons. The van der Waals surface area contributed by atoms with Crippen LogP contribution in [-0.4, -0.2) is 16.5 Å². The molecule has 0 aromatic carbocycles. The van der Waals surface area contributed by atoms with E-state index in [9.17, 15) is 9.90 Å². The van der Waals surface area contributed by atoms with Gasteiger partial charge >= 0.3 is 0 Å². The van der Waals surface area contributed by atoms with E-state index < -0.39 is 5.60 Å². The molecule has 2 nitrogen and oxygen atoms in total. The molecule has 1 saturated carbocycles. The van der Waals surface area contributed by atoms with Crippen LogP contribution in [0.3, 0.4) is 0 Å². The SMILES string of the molecule is C=CCCCCCC(=O)C1(O)CCC(C)CC1. The normalized spacial score (nSPS) is 28.9. The number of carbonyl (C=O) groups excluding carboxylic acids is 1. The van der Waals surface area contributed by atoms with E-state index in [-0.39, 0.29) is 5.78 Å². The van der Waals surface area contributed by atoms with Crippen LogP contribution >= 0.6 is 0 Å². The molecule has 2 heteroatoms. The summed E-state index contributed by atoms with van der Waals surface area (Å²) >= 11 is 0. The van der Waals surface area contributed by atoms with Crippen molar-refractivity contribution in [3.05, 3.63) is 12.7 Å².